The molecule has 0 spiro atoms. The molecule has 0 radical (unpaired) electrons. The number of aromatic nitrogens is 3. The molecule has 7 nitrogen and oxygen atoms in total. The number of aryl methyl sites for hydroxylation is 1. The quantitative estimate of drug-likeness (QED) is 0.237. The first-order chi connectivity index (χ1) is 18.8. The number of benzene rings is 3. The van der Waals surface area contributed by atoms with Gasteiger partial charge in [0.05, 0.1) is 11.7 Å². The Morgan fingerprint density at radius 3 is 2.49 bits per heavy atom. The second-order valence-corrected chi connectivity index (χ2v) is 10.9. The van der Waals surface area contributed by atoms with E-state index in [1.807, 2.05) is 100.0 Å². The molecule has 1 atom stereocenters. The van der Waals surface area contributed by atoms with Crippen LogP contribution in [0.1, 0.15) is 49.1 Å². The summed E-state index contributed by atoms with van der Waals surface area (Å²) >= 11 is 1.57. The Bertz CT molecular complexity index is 1510. The summed E-state index contributed by atoms with van der Waals surface area (Å²) in [6.45, 7) is 9.97. The third-order valence-corrected chi connectivity index (χ3v) is 7.62. The zero-order valence-corrected chi connectivity index (χ0v) is 23.7. The number of allylic oxidation sites excluding steroid dienone is 1. The van der Waals surface area contributed by atoms with Crippen LogP contribution in [0.25, 0.3) is 0 Å². The van der Waals surface area contributed by atoms with Gasteiger partial charge in [0, 0.05) is 17.1 Å². The number of hydrogen-bond acceptors (Lipinski definition) is 6. The van der Waals surface area contributed by atoms with Gasteiger partial charge < -0.3 is 15.4 Å². The summed E-state index contributed by atoms with van der Waals surface area (Å²) in [7, 11) is 0. The molecule has 2 N–H and O–H groups in total. The molecule has 0 fully saturated rings. The lowest BCUT2D eigenvalue weighted by molar-refractivity contribution is -0.113. The molecular weight excluding hydrogens is 506 g/mol. The molecule has 1 aliphatic heterocycles. The van der Waals surface area contributed by atoms with Crippen LogP contribution in [-0.4, -0.2) is 26.8 Å². The highest BCUT2D eigenvalue weighted by molar-refractivity contribution is 7.98. The Labute approximate surface area is 233 Å². The zero-order valence-electron chi connectivity index (χ0n) is 22.9. The normalized spacial score (nSPS) is 14.7. The molecule has 1 aliphatic rings. The summed E-state index contributed by atoms with van der Waals surface area (Å²) < 4.78 is 7.68. The van der Waals surface area contributed by atoms with Crippen LogP contribution in [0.15, 0.2) is 89.2 Å². The summed E-state index contributed by atoms with van der Waals surface area (Å²) in [6.07, 6.45) is 0.0712. The van der Waals surface area contributed by atoms with E-state index in [0.29, 0.717) is 16.7 Å². The molecule has 3 aromatic carbocycles. The Morgan fingerprint density at radius 1 is 1.03 bits per heavy atom. The van der Waals surface area contributed by atoms with Crippen molar-refractivity contribution in [3.63, 3.8) is 0 Å². The maximum Gasteiger partial charge on any atom is 0.255 e. The predicted molar refractivity (Wildman–Crippen MR) is 157 cm³/mol. The van der Waals surface area contributed by atoms with Gasteiger partial charge in [0.15, 0.2) is 0 Å². The van der Waals surface area contributed by atoms with E-state index in [-0.39, 0.29) is 12.0 Å². The number of thioether (sulfide) groups is 1. The van der Waals surface area contributed by atoms with E-state index in [0.717, 1.165) is 39.6 Å². The summed E-state index contributed by atoms with van der Waals surface area (Å²) in [5.74, 6) is 1.96. The summed E-state index contributed by atoms with van der Waals surface area (Å²) in [5, 5.41) is 12.0. The topological polar surface area (TPSA) is 81.1 Å². The van der Waals surface area contributed by atoms with Crippen LogP contribution in [0.5, 0.6) is 5.75 Å². The molecule has 2 heterocycles. The number of fused-ring (bicyclic) bond motifs is 1. The van der Waals surface area contributed by atoms with E-state index >= 15 is 0 Å². The Kier molecular flexibility index (Phi) is 7.74. The van der Waals surface area contributed by atoms with Crippen molar-refractivity contribution in [3.8, 4) is 5.75 Å². The molecule has 1 aromatic heterocycles. The van der Waals surface area contributed by atoms with E-state index in [1.54, 1.807) is 11.8 Å². The fourth-order valence-electron chi connectivity index (χ4n) is 4.59. The number of anilines is 2. The molecule has 1 unspecified atom stereocenters. The lowest BCUT2D eigenvalue weighted by Gasteiger charge is -2.29. The van der Waals surface area contributed by atoms with Gasteiger partial charge in [-0.25, -0.2) is 4.68 Å². The molecule has 0 saturated carbocycles. The van der Waals surface area contributed by atoms with Gasteiger partial charge in [0.25, 0.3) is 5.91 Å². The van der Waals surface area contributed by atoms with Crippen molar-refractivity contribution in [1.29, 1.82) is 0 Å². The van der Waals surface area contributed by atoms with Gasteiger partial charge in [-0.1, -0.05) is 66.4 Å². The van der Waals surface area contributed by atoms with Gasteiger partial charge in [-0.05, 0) is 75.1 Å². The third-order valence-electron chi connectivity index (χ3n) is 6.71. The fraction of sp³-hybridized carbons (Fsp3) is 0.258. The molecule has 200 valence electrons. The number of nitrogens with zero attached hydrogens (tertiary/aromatic N) is 3. The summed E-state index contributed by atoms with van der Waals surface area (Å²) in [6, 6.07) is 23.6. The van der Waals surface area contributed by atoms with Gasteiger partial charge in [-0.15, -0.1) is 5.10 Å². The Balaban J connectivity index is 1.50. The number of carbonyl (C=O) groups excluding carboxylic acids is 1. The van der Waals surface area contributed by atoms with Crippen molar-refractivity contribution in [3.05, 3.63) is 106 Å². The van der Waals surface area contributed by atoms with Crippen molar-refractivity contribution in [1.82, 2.24) is 14.8 Å². The highest BCUT2D eigenvalue weighted by atomic mass is 32.2. The summed E-state index contributed by atoms with van der Waals surface area (Å²) in [5.41, 5.74) is 6.41. The standard InChI is InChI=1S/C31H33N5O2S/c1-19(2)38-25-16-14-24(15-17-25)28-27(29(37)33-26-13-9-10-20(3)21(26)4)22(5)32-30-34-31(35-36(28)30)39-18-23-11-7-6-8-12-23/h6-17,19,28H,18H2,1-5H3,(H,33,37)(H,32,34,35). The first kappa shape index (κ1) is 26.6. The van der Waals surface area contributed by atoms with Gasteiger partial charge >= 0.3 is 0 Å². The monoisotopic (exact) mass is 539 g/mol. The fourth-order valence-corrected chi connectivity index (χ4v) is 5.38. The predicted octanol–water partition coefficient (Wildman–Crippen LogP) is 6.90. The molecule has 0 aliphatic carbocycles. The van der Waals surface area contributed by atoms with Gasteiger partial charge in [-0.2, -0.15) is 4.98 Å². The largest absolute Gasteiger partial charge is 0.491 e. The number of hydrogen-bond donors (Lipinski definition) is 2. The van der Waals surface area contributed by atoms with Crippen molar-refractivity contribution < 1.29 is 9.53 Å². The maximum atomic E-state index is 13.9. The maximum absolute atomic E-state index is 13.9. The average Bonchev–Trinajstić information content (AvgIpc) is 3.32. The highest BCUT2D eigenvalue weighted by Crippen LogP contribution is 2.38. The second-order valence-electron chi connectivity index (χ2n) is 9.94. The molecular formula is C31H33N5O2S. The Morgan fingerprint density at radius 2 is 1.77 bits per heavy atom. The lowest BCUT2D eigenvalue weighted by Crippen LogP contribution is -2.31. The van der Waals surface area contributed by atoms with Crippen LogP contribution in [0, 0.1) is 13.8 Å². The number of ether oxygens (including phenoxy) is 1. The number of amides is 1. The Hall–Kier alpha value is -4.04. The zero-order chi connectivity index (χ0) is 27.5. The van der Waals surface area contributed by atoms with Crippen LogP contribution >= 0.6 is 11.8 Å². The van der Waals surface area contributed by atoms with E-state index in [4.69, 9.17) is 14.8 Å². The number of carbonyl (C=O) groups is 1. The van der Waals surface area contributed by atoms with Gasteiger partial charge in [-0.3, -0.25) is 4.79 Å². The third kappa shape index (κ3) is 5.86. The highest BCUT2D eigenvalue weighted by Gasteiger charge is 2.34. The molecule has 39 heavy (non-hydrogen) atoms. The molecule has 8 heteroatoms. The van der Waals surface area contributed by atoms with Crippen molar-refractivity contribution in [2.24, 2.45) is 0 Å². The van der Waals surface area contributed by atoms with E-state index in [1.165, 1.54) is 5.56 Å². The molecule has 1 amide bonds. The molecule has 0 bridgehead atoms. The molecule has 5 rings (SSSR count). The van der Waals surface area contributed by atoms with E-state index in [2.05, 4.69) is 22.8 Å². The minimum absolute atomic E-state index is 0.0712. The first-order valence-corrected chi connectivity index (χ1v) is 14.0. The molecule has 4 aromatic rings. The SMILES string of the molecule is CC1=C(C(=O)Nc2cccc(C)c2C)C(c2ccc(OC(C)C)cc2)n2nc(SCc3ccccc3)nc2N1. The van der Waals surface area contributed by atoms with Crippen LogP contribution in [0.3, 0.4) is 0 Å². The lowest BCUT2D eigenvalue weighted by atomic mass is 9.94. The van der Waals surface area contributed by atoms with Gasteiger partial charge in [0.2, 0.25) is 11.1 Å². The summed E-state index contributed by atoms with van der Waals surface area (Å²) in [4.78, 5) is 18.6. The minimum atomic E-state index is -0.460. The minimum Gasteiger partial charge on any atom is -0.491 e. The first-order valence-electron chi connectivity index (χ1n) is 13.1. The van der Waals surface area contributed by atoms with Crippen LogP contribution in [0.2, 0.25) is 0 Å². The number of rotatable bonds is 8. The van der Waals surface area contributed by atoms with Crippen molar-refractivity contribution >= 4 is 29.3 Å². The number of nitrogens with one attached hydrogen (secondary N) is 2. The van der Waals surface area contributed by atoms with Gasteiger partial charge in [0.1, 0.15) is 11.8 Å². The van der Waals surface area contributed by atoms with E-state index < -0.39 is 6.04 Å². The van der Waals surface area contributed by atoms with Crippen molar-refractivity contribution in [2.75, 3.05) is 10.6 Å². The van der Waals surface area contributed by atoms with Crippen LogP contribution in [0.4, 0.5) is 11.6 Å². The van der Waals surface area contributed by atoms with Crippen LogP contribution in [-0.2, 0) is 10.5 Å². The second kappa shape index (κ2) is 11.4. The van der Waals surface area contributed by atoms with Crippen molar-refractivity contribution in [2.45, 2.75) is 57.7 Å². The van der Waals surface area contributed by atoms with E-state index in [9.17, 15) is 4.79 Å². The molecule has 0 saturated heterocycles. The van der Waals surface area contributed by atoms with Crippen LogP contribution < -0.4 is 15.4 Å². The average molecular weight is 540 g/mol. The smallest absolute Gasteiger partial charge is 0.255 e.